The van der Waals surface area contributed by atoms with Crippen LogP contribution in [0.3, 0.4) is 0 Å². The molecule has 0 saturated carbocycles. The molecule has 290 valence electrons. The fourth-order valence-electron chi connectivity index (χ4n) is 11.5. The summed E-state index contributed by atoms with van der Waals surface area (Å²) in [5.41, 5.74) is 5.25. The molecule has 0 aromatic heterocycles. The molecule has 2 unspecified atom stereocenters. The van der Waals surface area contributed by atoms with Gasteiger partial charge in [-0.05, 0) is 178 Å². The lowest BCUT2D eigenvalue weighted by Gasteiger charge is -2.24. The van der Waals surface area contributed by atoms with Crippen molar-refractivity contribution in [2.45, 2.75) is 18.3 Å². The van der Waals surface area contributed by atoms with Crippen LogP contribution in [-0.4, -0.2) is 15.3 Å². The smallest absolute Gasteiger partial charge is 0.105 e. The van der Waals surface area contributed by atoms with Gasteiger partial charge >= 0.3 is 0 Å². The Morgan fingerprint density at radius 3 is 1.06 bits per heavy atom. The van der Waals surface area contributed by atoms with Gasteiger partial charge in [0, 0.05) is 0 Å². The summed E-state index contributed by atoms with van der Waals surface area (Å²) >= 11 is 0. The molecule has 0 radical (unpaired) electrons. The number of hydrogen-bond donors (Lipinski definition) is 3. The predicted molar refractivity (Wildman–Crippen MR) is 258 cm³/mol. The van der Waals surface area contributed by atoms with Crippen LogP contribution >= 0.6 is 0 Å². The first kappa shape index (κ1) is 34.3. The normalized spacial score (nSPS) is 14.2. The van der Waals surface area contributed by atoms with E-state index in [-0.39, 0.29) is 0 Å². The molecule has 0 amide bonds. The molecule has 0 aliphatic carbocycles. The third-order valence-electron chi connectivity index (χ3n) is 14.2. The first-order chi connectivity index (χ1) is 30.5. The highest BCUT2D eigenvalue weighted by Gasteiger charge is 2.26. The van der Waals surface area contributed by atoms with Crippen LogP contribution < -0.4 is 0 Å². The first-order valence-electron chi connectivity index (χ1n) is 21.4. The van der Waals surface area contributed by atoms with Gasteiger partial charge in [-0.3, -0.25) is 0 Å². The van der Waals surface area contributed by atoms with Crippen LogP contribution in [-0.2, 0) is 0 Å². The summed E-state index contributed by atoms with van der Waals surface area (Å²) in [5.74, 6) is 0. The van der Waals surface area contributed by atoms with Crippen LogP contribution in [0.4, 0.5) is 0 Å². The van der Waals surface area contributed by atoms with Crippen LogP contribution in [0.2, 0.25) is 0 Å². The molecule has 0 fully saturated rings. The molecule has 14 aromatic rings. The lowest BCUT2D eigenvalue weighted by molar-refractivity contribution is 0.221. The van der Waals surface area contributed by atoms with Gasteiger partial charge in [0.05, 0.1) is 0 Å². The summed E-state index contributed by atoms with van der Waals surface area (Å²) < 4.78 is 0. The van der Waals surface area contributed by atoms with Gasteiger partial charge in [0.2, 0.25) is 0 Å². The van der Waals surface area contributed by atoms with Crippen LogP contribution in [0.15, 0.2) is 182 Å². The monoisotopic (exact) mass is 792 g/mol. The molecular formula is C59H36O3. The van der Waals surface area contributed by atoms with Gasteiger partial charge in [-0.2, -0.15) is 0 Å². The predicted octanol–water partition coefficient (Wildman–Crippen LogP) is 14.2. The average molecular weight is 793 g/mol. The number of benzene rings is 14. The van der Waals surface area contributed by atoms with E-state index in [0.717, 1.165) is 98.0 Å². The van der Waals surface area contributed by atoms with Gasteiger partial charge in [-0.15, -0.1) is 0 Å². The zero-order chi connectivity index (χ0) is 41.0. The first-order valence-corrected chi connectivity index (χ1v) is 21.4. The Hall–Kier alpha value is -7.40. The lowest BCUT2D eigenvalue weighted by Crippen LogP contribution is -2.03. The molecule has 0 aliphatic rings. The molecule has 14 aromatic carbocycles. The molecule has 0 spiro atoms. The van der Waals surface area contributed by atoms with E-state index in [1.807, 2.05) is 60.7 Å². The van der Waals surface area contributed by atoms with Crippen LogP contribution in [0.1, 0.15) is 51.7 Å². The van der Waals surface area contributed by atoms with E-state index < -0.39 is 18.3 Å². The van der Waals surface area contributed by atoms with Crippen molar-refractivity contribution in [1.82, 2.24) is 0 Å². The Morgan fingerprint density at radius 2 is 0.613 bits per heavy atom. The van der Waals surface area contributed by atoms with Crippen molar-refractivity contribution in [2.24, 2.45) is 0 Å². The maximum absolute atomic E-state index is 12.7. The van der Waals surface area contributed by atoms with Crippen molar-refractivity contribution < 1.29 is 15.3 Å². The molecule has 3 heteroatoms. The van der Waals surface area contributed by atoms with E-state index >= 15 is 0 Å². The van der Waals surface area contributed by atoms with E-state index in [1.54, 1.807) is 0 Å². The van der Waals surface area contributed by atoms with Gasteiger partial charge in [-0.1, -0.05) is 146 Å². The Kier molecular flexibility index (Phi) is 6.84. The Bertz CT molecular complexity index is 3810. The Morgan fingerprint density at radius 1 is 0.226 bits per heavy atom. The standard InChI is InChI=1S/C59H36O3/c60-57(39-25-37-19-17-31-21-23-43-47(58(61)33-9-3-1-4-10-33)27-35-13-7-15-41-45(29-39)51(37)53(31)55(43)49(35)41)40-26-38-20-18-32-22-24-44-48(59(62)34-11-5-2-6-12-34)28-36-14-8-16-42-46(30-40)52(38)54(32)56(44)50(36)42/h1-30,57-62H. The SMILES string of the molecule is OC(c1cc2ccc3ccc4c(C(O)c5ccccc5)cc5cccc6c(c1)c2c3c4c56)c1cc2ccc3ccc4c(C(O)c5ccccc5)cc5cccc6c(c1)c2c3c4c56. The lowest BCUT2D eigenvalue weighted by atomic mass is 9.81. The zero-order valence-electron chi connectivity index (χ0n) is 33.4. The minimum Gasteiger partial charge on any atom is -0.384 e. The van der Waals surface area contributed by atoms with Gasteiger partial charge in [0.25, 0.3) is 0 Å². The number of hydrogen-bond acceptors (Lipinski definition) is 3. The molecule has 0 aliphatic heterocycles. The maximum Gasteiger partial charge on any atom is 0.105 e. The number of aliphatic hydroxyl groups excluding tert-OH is 3. The number of aliphatic hydroxyl groups is 3. The van der Waals surface area contributed by atoms with Crippen LogP contribution in [0.25, 0.3) is 108 Å². The summed E-state index contributed by atoms with van der Waals surface area (Å²) in [7, 11) is 0. The maximum atomic E-state index is 12.7. The topological polar surface area (TPSA) is 60.7 Å². The molecule has 62 heavy (non-hydrogen) atoms. The molecule has 3 N–H and O–H groups in total. The second kappa shape index (κ2) is 12.3. The Balaban J connectivity index is 0.990. The number of rotatable bonds is 6. The highest BCUT2D eigenvalue weighted by molar-refractivity contribution is 6.41. The third kappa shape index (κ3) is 4.49. The summed E-state index contributed by atoms with van der Waals surface area (Å²) in [6.07, 6.45) is -2.41. The largest absolute Gasteiger partial charge is 0.384 e. The third-order valence-corrected chi connectivity index (χ3v) is 14.2. The van der Waals surface area contributed by atoms with E-state index in [0.29, 0.717) is 0 Å². The molecule has 2 atom stereocenters. The quantitative estimate of drug-likeness (QED) is 0.116. The van der Waals surface area contributed by atoms with Crippen molar-refractivity contribution in [2.75, 3.05) is 0 Å². The Labute approximate surface area is 355 Å². The van der Waals surface area contributed by atoms with Gasteiger partial charge in [0.15, 0.2) is 0 Å². The summed E-state index contributed by atoms with van der Waals surface area (Å²) in [4.78, 5) is 0. The highest BCUT2D eigenvalue weighted by Crippen LogP contribution is 2.50. The second-order valence-electron chi connectivity index (χ2n) is 17.4. The minimum absolute atomic E-state index is 0.762. The van der Waals surface area contributed by atoms with E-state index in [4.69, 9.17) is 0 Å². The van der Waals surface area contributed by atoms with E-state index in [2.05, 4.69) is 121 Å². The van der Waals surface area contributed by atoms with Crippen LogP contribution in [0, 0.1) is 0 Å². The summed E-state index contributed by atoms with van der Waals surface area (Å²) in [6, 6.07) is 63.4. The fraction of sp³-hybridized carbons (Fsp3) is 0.0508. The van der Waals surface area contributed by atoms with E-state index in [9.17, 15) is 15.3 Å². The van der Waals surface area contributed by atoms with Crippen LogP contribution in [0.5, 0.6) is 0 Å². The van der Waals surface area contributed by atoms with E-state index in [1.165, 1.54) is 43.1 Å². The van der Waals surface area contributed by atoms with Crippen molar-refractivity contribution >= 4 is 108 Å². The average Bonchev–Trinajstić information content (AvgIpc) is 3.33. The molecule has 0 heterocycles. The van der Waals surface area contributed by atoms with Crippen molar-refractivity contribution in [3.05, 3.63) is 215 Å². The fourth-order valence-corrected chi connectivity index (χ4v) is 11.5. The molecule has 0 saturated heterocycles. The summed E-state index contributed by atoms with van der Waals surface area (Å²) in [5, 5.41) is 59.1. The molecule has 0 bridgehead atoms. The van der Waals surface area contributed by atoms with Crippen molar-refractivity contribution in [1.29, 1.82) is 0 Å². The minimum atomic E-state index is -0.887. The highest BCUT2D eigenvalue weighted by atomic mass is 16.3. The number of fused-ring (bicyclic) bond motifs is 2. The van der Waals surface area contributed by atoms with Gasteiger partial charge < -0.3 is 15.3 Å². The molecule has 3 nitrogen and oxygen atoms in total. The molecule has 14 rings (SSSR count). The van der Waals surface area contributed by atoms with Gasteiger partial charge in [-0.25, -0.2) is 0 Å². The zero-order valence-corrected chi connectivity index (χ0v) is 33.4. The van der Waals surface area contributed by atoms with Gasteiger partial charge in [0.1, 0.15) is 18.3 Å². The molecular weight excluding hydrogens is 757 g/mol. The van der Waals surface area contributed by atoms with Crippen molar-refractivity contribution in [3.63, 3.8) is 0 Å². The van der Waals surface area contributed by atoms with Crippen molar-refractivity contribution in [3.8, 4) is 0 Å². The second-order valence-corrected chi connectivity index (χ2v) is 17.4. The summed E-state index contributed by atoms with van der Waals surface area (Å²) in [6.45, 7) is 0.